The average Bonchev–Trinajstić information content (AvgIpc) is 2.63. The molecule has 1 N–H and O–H groups in total. The van der Waals surface area contributed by atoms with Gasteiger partial charge in [-0.05, 0) is 28.7 Å². The molecule has 26 heavy (non-hydrogen) atoms. The maximum atomic E-state index is 12.7. The summed E-state index contributed by atoms with van der Waals surface area (Å²) in [6, 6.07) is 13.6. The van der Waals surface area contributed by atoms with Crippen LogP contribution in [0.25, 0.3) is 10.8 Å². The summed E-state index contributed by atoms with van der Waals surface area (Å²) in [4.78, 5) is 26.9. The number of carbonyl (C=O) groups is 2. The monoisotopic (exact) mass is 354 g/mol. The van der Waals surface area contributed by atoms with Crippen molar-refractivity contribution in [1.82, 2.24) is 10.2 Å². The van der Waals surface area contributed by atoms with Crippen molar-refractivity contribution >= 4 is 22.6 Å². The second-order valence-electron chi connectivity index (χ2n) is 7.26. The van der Waals surface area contributed by atoms with E-state index in [1.807, 2.05) is 57.3 Å². The van der Waals surface area contributed by atoms with E-state index >= 15 is 0 Å². The Balaban J connectivity index is 2.03. The molecular weight excluding hydrogens is 324 g/mol. The number of nitrogens with one attached hydrogen (secondary N) is 1. The van der Waals surface area contributed by atoms with E-state index in [1.165, 1.54) is 0 Å². The maximum absolute atomic E-state index is 12.7. The van der Waals surface area contributed by atoms with Crippen molar-refractivity contribution in [3.63, 3.8) is 0 Å². The number of unbranched alkanes of at least 4 members (excludes halogenated alkanes) is 1. The van der Waals surface area contributed by atoms with Gasteiger partial charge in [-0.25, -0.2) is 0 Å². The van der Waals surface area contributed by atoms with E-state index in [0.29, 0.717) is 0 Å². The Hall–Kier alpha value is -2.36. The summed E-state index contributed by atoms with van der Waals surface area (Å²) >= 11 is 0. The molecule has 2 aromatic rings. The van der Waals surface area contributed by atoms with Gasteiger partial charge in [0.1, 0.15) is 6.04 Å². The van der Waals surface area contributed by atoms with E-state index in [9.17, 15) is 9.59 Å². The third kappa shape index (κ3) is 5.32. The lowest BCUT2D eigenvalue weighted by Crippen LogP contribution is -2.50. The van der Waals surface area contributed by atoms with Gasteiger partial charge in [0.05, 0.1) is 6.42 Å². The first-order valence-electron chi connectivity index (χ1n) is 9.44. The first-order chi connectivity index (χ1) is 12.4. The molecule has 0 fully saturated rings. The number of hydrogen-bond donors (Lipinski definition) is 1. The minimum Gasteiger partial charge on any atom is -0.344 e. The quantitative estimate of drug-likeness (QED) is 0.784. The van der Waals surface area contributed by atoms with Crippen LogP contribution in [0, 0.1) is 5.92 Å². The second-order valence-corrected chi connectivity index (χ2v) is 7.26. The molecule has 4 heteroatoms. The topological polar surface area (TPSA) is 49.4 Å². The number of nitrogens with zero attached hydrogens (tertiary/aromatic N) is 1. The first-order valence-corrected chi connectivity index (χ1v) is 9.44. The van der Waals surface area contributed by atoms with Gasteiger partial charge >= 0.3 is 0 Å². The second kappa shape index (κ2) is 9.37. The van der Waals surface area contributed by atoms with Crippen molar-refractivity contribution in [3.8, 4) is 0 Å². The summed E-state index contributed by atoms with van der Waals surface area (Å²) in [5.41, 5.74) is 0.954. The molecule has 2 rings (SSSR count). The maximum Gasteiger partial charge on any atom is 0.245 e. The van der Waals surface area contributed by atoms with E-state index in [-0.39, 0.29) is 24.2 Å². The number of amides is 2. The van der Waals surface area contributed by atoms with Crippen LogP contribution < -0.4 is 5.32 Å². The van der Waals surface area contributed by atoms with Crippen molar-refractivity contribution in [2.24, 2.45) is 5.92 Å². The van der Waals surface area contributed by atoms with Gasteiger partial charge < -0.3 is 10.2 Å². The highest BCUT2D eigenvalue weighted by atomic mass is 16.2. The first kappa shape index (κ1) is 20.0. The van der Waals surface area contributed by atoms with Gasteiger partial charge in [-0.2, -0.15) is 0 Å². The standard InChI is InChI=1S/C22H30N2O2/c1-5-6-13-24(4)22(26)21(16(2)3)23-20(25)15-17-11-12-18-9-7-8-10-19(18)14-17/h7-12,14,16,21H,5-6,13,15H2,1-4H3,(H,23,25). The average molecular weight is 354 g/mol. The number of benzene rings is 2. The third-order valence-electron chi connectivity index (χ3n) is 4.65. The van der Waals surface area contributed by atoms with Gasteiger partial charge in [-0.1, -0.05) is 69.7 Å². The normalized spacial score (nSPS) is 12.2. The zero-order valence-electron chi connectivity index (χ0n) is 16.3. The predicted molar refractivity (Wildman–Crippen MR) is 107 cm³/mol. The Kier molecular flexibility index (Phi) is 7.19. The smallest absolute Gasteiger partial charge is 0.245 e. The van der Waals surface area contributed by atoms with Crippen LogP contribution in [-0.2, 0) is 16.0 Å². The fraction of sp³-hybridized carbons (Fsp3) is 0.455. The molecule has 1 unspecified atom stereocenters. The van der Waals surface area contributed by atoms with Crippen LogP contribution in [0.1, 0.15) is 39.2 Å². The Bertz CT molecular complexity index is 755. The zero-order chi connectivity index (χ0) is 19.1. The molecule has 0 bridgehead atoms. The van der Waals surface area contributed by atoms with Crippen molar-refractivity contribution in [2.75, 3.05) is 13.6 Å². The number of rotatable bonds is 8. The SMILES string of the molecule is CCCCN(C)C(=O)C(NC(=O)Cc1ccc2ccccc2c1)C(C)C. The fourth-order valence-corrected chi connectivity index (χ4v) is 3.02. The largest absolute Gasteiger partial charge is 0.344 e. The van der Waals surface area contributed by atoms with Gasteiger partial charge in [0.25, 0.3) is 0 Å². The highest BCUT2D eigenvalue weighted by molar-refractivity contribution is 5.89. The number of fused-ring (bicyclic) bond motifs is 1. The molecule has 0 aliphatic carbocycles. The van der Waals surface area contributed by atoms with E-state index in [0.717, 1.165) is 35.7 Å². The summed E-state index contributed by atoms with van der Waals surface area (Å²) < 4.78 is 0. The lowest BCUT2D eigenvalue weighted by Gasteiger charge is -2.27. The van der Waals surface area contributed by atoms with E-state index in [4.69, 9.17) is 0 Å². The summed E-state index contributed by atoms with van der Waals surface area (Å²) in [7, 11) is 1.81. The molecule has 0 aromatic heterocycles. The molecule has 0 aliphatic rings. The predicted octanol–water partition coefficient (Wildman–Crippen LogP) is 3.78. The molecule has 0 spiro atoms. The fourth-order valence-electron chi connectivity index (χ4n) is 3.02. The molecule has 0 saturated heterocycles. The van der Waals surface area contributed by atoms with Crippen LogP contribution in [0.2, 0.25) is 0 Å². The molecule has 0 aliphatic heterocycles. The third-order valence-corrected chi connectivity index (χ3v) is 4.65. The van der Waals surface area contributed by atoms with Crippen LogP contribution in [0.5, 0.6) is 0 Å². The molecule has 4 nitrogen and oxygen atoms in total. The van der Waals surface area contributed by atoms with Crippen LogP contribution in [0.15, 0.2) is 42.5 Å². The Morgan fingerprint density at radius 2 is 1.77 bits per heavy atom. The molecule has 2 aromatic carbocycles. The van der Waals surface area contributed by atoms with Crippen molar-refractivity contribution in [1.29, 1.82) is 0 Å². The molecule has 0 saturated carbocycles. The molecular formula is C22H30N2O2. The number of likely N-dealkylation sites (N-methyl/N-ethyl adjacent to an activating group) is 1. The Morgan fingerprint density at radius 1 is 1.08 bits per heavy atom. The van der Waals surface area contributed by atoms with E-state index in [2.05, 4.69) is 18.3 Å². The van der Waals surface area contributed by atoms with Crippen LogP contribution in [0.3, 0.4) is 0 Å². The Labute approximate surface area is 156 Å². The van der Waals surface area contributed by atoms with E-state index < -0.39 is 6.04 Å². The lowest BCUT2D eigenvalue weighted by molar-refractivity contribution is -0.136. The highest BCUT2D eigenvalue weighted by Gasteiger charge is 2.26. The summed E-state index contributed by atoms with van der Waals surface area (Å²) in [6.45, 7) is 6.75. The van der Waals surface area contributed by atoms with Gasteiger partial charge in [0, 0.05) is 13.6 Å². The number of hydrogen-bond acceptors (Lipinski definition) is 2. The minimum atomic E-state index is -0.482. The van der Waals surface area contributed by atoms with Crippen LogP contribution in [0.4, 0.5) is 0 Å². The van der Waals surface area contributed by atoms with Crippen LogP contribution >= 0.6 is 0 Å². The van der Waals surface area contributed by atoms with Crippen molar-refractivity contribution < 1.29 is 9.59 Å². The van der Waals surface area contributed by atoms with Gasteiger partial charge in [-0.3, -0.25) is 9.59 Å². The number of carbonyl (C=O) groups excluding carboxylic acids is 2. The summed E-state index contributed by atoms with van der Waals surface area (Å²) in [5, 5.41) is 5.22. The van der Waals surface area contributed by atoms with Gasteiger partial charge in [0.2, 0.25) is 11.8 Å². The molecule has 1 atom stereocenters. The molecule has 140 valence electrons. The summed E-state index contributed by atoms with van der Waals surface area (Å²) in [5.74, 6) is -0.0799. The van der Waals surface area contributed by atoms with Gasteiger partial charge in [-0.15, -0.1) is 0 Å². The van der Waals surface area contributed by atoms with Crippen molar-refractivity contribution in [2.45, 2.75) is 46.1 Å². The molecule has 2 amide bonds. The molecule has 0 radical (unpaired) electrons. The molecule has 0 heterocycles. The van der Waals surface area contributed by atoms with Gasteiger partial charge in [0.15, 0.2) is 0 Å². The zero-order valence-corrected chi connectivity index (χ0v) is 16.3. The minimum absolute atomic E-state index is 0.0136. The lowest BCUT2D eigenvalue weighted by atomic mass is 10.0. The summed E-state index contributed by atoms with van der Waals surface area (Å²) in [6.07, 6.45) is 2.29. The van der Waals surface area contributed by atoms with Crippen molar-refractivity contribution in [3.05, 3.63) is 48.0 Å². The highest BCUT2D eigenvalue weighted by Crippen LogP contribution is 2.16. The van der Waals surface area contributed by atoms with E-state index in [1.54, 1.807) is 4.90 Å². The Morgan fingerprint density at radius 3 is 2.42 bits per heavy atom. The van der Waals surface area contributed by atoms with Crippen LogP contribution in [-0.4, -0.2) is 36.3 Å².